The number of rotatable bonds is 2. The molecule has 0 fully saturated rings. The van der Waals surface area contributed by atoms with E-state index >= 15 is 0 Å². The highest BCUT2D eigenvalue weighted by Gasteiger charge is 2.10. The smallest absolute Gasteiger partial charge is 0.190 e. The summed E-state index contributed by atoms with van der Waals surface area (Å²) >= 11 is 1.84. The largest absolute Gasteiger partial charge is 0.488 e. The highest BCUT2D eigenvalue weighted by Crippen LogP contribution is 2.23. The van der Waals surface area contributed by atoms with Crippen LogP contribution < -0.4 is 4.74 Å². The third-order valence-electron chi connectivity index (χ3n) is 1.25. The topological polar surface area (TPSA) is 9.23 Å². The third-order valence-corrected chi connectivity index (χ3v) is 1.87. The maximum atomic E-state index is 12.9. The minimum Gasteiger partial charge on any atom is -0.488 e. The van der Waals surface area contributed by atoms with Crippen LogP contribution in [0.3, 0.4) is 0 Å². The monoisotopic (exact) mass is 284 g/mol. The summed E-state index contributed by atoms with van der Waals surface area (Å²) < 4.78 is 31.1. The first-order valence-corrected chi connectivity index (χ1v) is 4.50. The van der Waals surface area contributed by atoms with Gasteiger partial charge in [0.15, 0.2) is 17.4 Å². The molecule has 12 heavy (non-hydrogen) atoms. The summed E-state index contributed by atoms with van der Waals surface area (Å²) in [5.41, 5.74) is 0. The van der Waals surface area contributed by atoms with Gasteiger partial charge in [-0.05, 0) is 41.6 Å². The maximum absolute atomic E-state index is 12.9. The van der Waals surface area contributed by atoms with Gasteiger partial charge in [0.1, 0.15) is 0 Å². The molecule has 0 atom stereocenters. The number of hydrogen-bond acceptors (Lipinski definition) is 1. The number of benzene rings is 1. The van der Waals surface area contributed by atoms with Crippen LogP contribution in [0.2, 0.25) is 0 Å². The quantitative estimate of drug-likeness (QED) is 0.759. The molecule has 0 spiro atoms. The van der Waals surface area contributed by atoms with Crippen LogP contribution in [0, 0.1) is 15.2 Å². The Morgan fingerprint density at radius 1 is 1.33 bits per heavy atom. The molecule has 0 bridgehead atoms. The van der Waals surface area contributed by atoms with Crippen molar-refractivity contribution >= 4 is 22.6 Å². The standard InChI is InChI=1S/C8H7F2IO/c1-2-12-8-6(9)3-5(11)4-7(8)10/h3-4H,2H2,1H3. The summed E-state index contributed by atoms with van der Waals surface area (Å²) in [6, 6.07) is 2.46. The summed E-state index contributed by atoms with van der Waals surface area (Å²) in [5.74, 6) is -1.60. The molecule has 1 aromatic carbocycles. The molecule has 0 aliphatic heterocycles. The predicted octanol–water partition coefficient (Wildman–Crippen LogP) is 2.97. The van der Waals surface area contributed by atoms with Crippen molar-refractivity contribution in [2.24, 2.45) is 0 Å². The Balaban J connectivity index is 3.10. The highest BCUT2D eigenvalue weighted by molar-refractivity contribution is 14.1. The number of ether oxygens (including phenoxy) is 1. The van der Waals surface area contributed by atoms with Crippen LogP contribution in [0.5, 0.6) is 5.75 Å². The average Bonchev–Trinajstić information content (AvgIpc) is 1.96. The molecule has 0 aromatic heterocycles. The van der Waals surface area contributed by atoms with Crippen LogP contribution in [0.15, 0.2) is 12.1 Å². The van der Waals surface area contributed by atoms with E-state index in [0.717, 1.165) is 0 Å². The fraction of sp³-hybridized carbons (Fsp3) is 0.250. The van der Waals surface area contributed by atoms with Gasteiger partial charge in [-0.3, -0.25) is 0 Å². The summed E-state index contributed by atoms with van der Waals surface area (Å²) in [4.78, 5) is 0. The lowest BCUT2D eigenvalue weighted by Gasteiger charge is -2.05. The van der Waals surface area contributed by atoms with E-state index in [0.29, 0.717) is 3.57 Å². The molecule has 1 rings (SSSR count). The van der Waals surface area contributed by atoms with E-state index in [1.54, 1.807) is 6.92 Å². The van der Waals surface area contributed by atoms with E-state index in [1.807, 2.05) is 22.6 Å². The summed E-state index contributed by atoms with van der Waals surface area (Å²) in [5, 5.41) is 0. The molecule has 0 N–H and O–H groups in total. The molecule has 0 saturated carbocycles. The lowest BCUT2D eigenvalue weighted by Crippen LogP contribution is -1.98. The first-order chi connectivity index (χ1) is 5.65. The maximum Gasteiger partial charge on any atom is 0.190 e. The van der Waals surface area contributed by atoms with Crippen LogP contribution in [0.1, 0.15) is 6.92 Å². The van der Waals surface area contributed by atoms with Gasteiger partial charge in [-0.25, -0.2) is 8.78 Å². The van der Waals surface area contributed by atoms with Gasteiger partial charge in [0.05, 0.1) is 6.61 Å². The number of halogens is 3. The molecule has 0 heterocycles. The molecule has 1 nitrogen and oxygen atoms in total. The van der Waals surface area contributed by atoms with Crippen molar-refractivity contribution in [3.05, 3.63) is 27.3 Å². The van der Waals surface area contributed by atoms with E-state index in [-0.39, 0.29) is 12.4 Å². The van der Waals surface area contributed by atoms with Gasteiger partial charge in [-0.15, -0.1) is 0 Å². The second kappa shape index (κ2) is 4.02. The Bertz CT molecular complexity index is 265. The van der Waals surface area contributed by atoms with Gasteiger partial charge in [0.25, 0.3) is 0 Å². The second-order valence-electron chi connectivity index (χ2n) is 2.13. The van der Waals surface area contributed by atoms with Crippen LogP contribution in [-0.4, -0.2) is 6.61 Å². The van der Waals surface area contributed by atoms with Crippen molar-refractivity contribution in [2.45, 2.75) is 6.92 Å². The molecule has 0 aliphatic carbocycles. The van der Waals surface area contributed by atoms with Gasteiger partial charge in [-0.1, -0.05) is 0 Å². The Kier molecular flexibility index (Phi) is 3.25. The summed E-state index contributed by atoms with van der Waals surface area (Å²) in [7, 11) is 0. The Hall–Kier alpha value is -0.390. The first-order valence-electron chi connectivity index (χ1n) is 3.42. The van der Waals surface area contributed by atoms with Gasteiger partial charge in [-0.2, -0.15) is 0 Å². The minimum absolute atomic E-state index is 0.258. The molecular formula is C8H7F2IO. The van der Waals surface area contributed by atoms with Gasteiger partial charge >= 0.3 is 0 Å². The van der Waals surface area contributed by atoms with E-state index < -0.39 is 11.6 Å². The lowest BCUT2D eigenvalue weighted by molar-refractivity contribution is 0.302. The fourth-order valence-corrected chi connectivity index (χ4v) is 1.36. The Morgan fingerprint density at radius 3 is 2.25 bits per heavy atom. The Morgan fingerprint density at radius 2 is 1.83 bits per heavy atom. The van der Waals surface area contributed by atoms with Crippen LogP contribution in [0.4, 0.5) is 8.78 Å². The summed E-state index contributed by atoms with van der Waals surface area (Å²) in [6.45, 7) is 1.94. The number of hydrogen-bond donors (Lipinski definition) is 0. The molecule has 0 aliphatic rings. The van der Waals surface area contributed by atoms with Crippen molar-refractivity contribution in [3.63, 3.8) is 0 Å². The molecule has 0 radical (unpaired) electrons. The molecular weight excluding hydrogens is 277 g/mol. The normalized spacial score (nSPS) is 10.0. The van der Waals surface area contributed by atoms with Crippen LogP contribution in [0.25, 0.3) is 0 Å². The van der Waals surface area contributed by atoms with E-state index in [1.165, 1.54) is 12.1 Å². The van der Waals surface area contributed by atoms with Crippen molar-refractivity contribution < 1.29 is 13.5 Å². The van der Waals surface area contributed by atoms with Crippen LogP contribution >= 0.6 is 22.6 Å². The molecule has 0 saturated heterocycles. The molecule has 0 amide bonds. The zero-order valence-corrected chi connectivity index (χ0v) is 8.56. The van der Waals surface area contributed by atoms with Crippen LogP contribution in [-0.2, 0) is 0 Å². The zero-order chi connectivity index (χ0) is 9.14. The van der Waals surface area contributed by atoms with Gasteiger partial charge in [0, 0.05) is 3.57 Å². The molecule has 0 unspecified atom stereocenters. The van der Waals surface area contributed by atoms with E-state index in [9.17, 15) is 8.78 Å². The summed E-state index contributed by atoms with van der Waals surface area (Å²) in [6.07, 6.45) is 0. The lowest BCUT2D eigenvalue weighted by atomic mass is 10.3. The SMILES string of the molecule is CCOc1c(F)cc(I)cc1F. The minimum atomic E-state index is -0.652. The van der Waals surface area contributed by atoms with Crippen molar-refractivity contribution in [1.29, 1.82) is 0 Å². The molecule has 1 aromatic rings. The van der Waals surface area contributed by atoms with Crippen molar-refractivity contribution in [2.75, 3.05) is 6.61 Å². The average molecular weight is 284 g/mol. The van der Waals surface area contributed by atoms with Crippen molar-refractivity contribution in [3.8, 4) is 5.75 Å². The van der Waals surface area contributed by atoms with Gasteiger partial charge in [0.2, 0.25) is 0 Å². The fourth-order valence-electron chi connectivity index (χ4n) is 0.811. The molecule has 66 valence electrons. The first kappa shape index (κ1) is 9.70. The zero-order valence-electron chi connectivity index (χ0n) is 6.40. The third kappa shape index (κ3) is 2.06. The Labute approximate surface area is 82.9 Å². The predicted molar refractivity (Wildman–Crippen MR) is 50.2 cm³/mol. The van der Waals surface area contributed by atoms with Crippen molar-refractivity contribution in [1.82, 2.24) is 0 Å². The highest BCUT2D eigenvalue weighted by atomic mass is 127. The second-order valence-corrected chi connectivity index (χ2v) is 3.38. The van der Waals surface area contributed by atoms with E-state index in [2.05, 4.69) is 0 Å². The van der Waals surface area contributed by atoms with E-state index in [4.69, 9.17) is 4.74 Å². The molecule has 4 heteroatoms. The van der Waals surface area contributed by atoms with Gasteiger partial charge < -0.3 is 4.74 Å².